The van der Waals surface area contributed by atoms with E-state index in [1.165, 1.54) is 23.4 Å². The second-order valence-corrected chi connectivity index (χ2v) is 7.00. The monoisotopic (exact) mass is 379 g/mol. The van der Waals surface area contributed by atoms with E-state index in [1.807, 2.05) is 0 Å². The molecule has 0 N–H and O–H groups in total. The highest BCUT2D eigenvalue weighted by Crippen LogP contribution is 2.33. The van der Waals surface area contributed by atoms with E-state index in [0.29, 0.717) is 11.0 Å². The zero-order valence-electron chi connectivity index (χ0n) is 13.9. The molecule has 1 aromatic heterocycles. The van der Waals surface area contributed by atoms with Gasteiger partial charge in [-0.1, -0.05) is 31.0 Å². The Bertz CT molecular complexity index is 819. The molecule has 0 spiro atoms. The van der Waals surface area contributed by atoms with E-state index in [9.17, 15) is 18.7 Å². The highest BCUT2D eigenvalue weighted by atomic mass is 32.2. The predicted molar refractivity (Wildman–Crippen MR) is 90.9 cm³/mol. The van der Waals surface area contributed by atoms with Crippen molar-refractivity contribution < 1.29 is 18.7 Å². The van der Waals surface area contributed by atoms with Gasteiger partial charge in [0, 0.05) is 23.3 Å². The van der Waals surface area contributed by atoms with Crippen LogP contribution in [0.2, 0.25) is 0 Å². The summed E-state index contributed by atoms with van der Waals surface area (Å²) in [4.78, 5) is 10.7. The van der Waals surface area contributed by atoms with Crippen LogP contribution in [-0.2, 0) is 4.79 Å². The minimum atomic E-state index is -1.22. The minimum absolute atomic E-state index is 0.116. The van der Waals surface area contributed by atoms with Crippen LogP contribution in [0.5, 0.6) is 0 Å². The summed E-state index contributed by atoms with van der Waals surface area (Å²) >= 11 is 0.942. The van der Waals surface area contributed by atoms with Crippen molar-refractivity contribution in [2.45, 2.75) is 43.2 Å². The molecule has 1 heterocycles. The van der Waals surface area contributed by atoms with Gasteiger partial charge in [0.25, 0.3) is 0 Å². The molecular weight excluding hydrogens is 362 g/mol. The quantitative estimate of drug-likeness (QED) is 0.568. The highest BCUT2D eigenvalue weighted by molar-refractivity contribution is 7.99. The highest BCUT2D eigenvalue weighted by Gasteiger charge is 2.23. The van der Waals surface area contributed by atoms with Crippen molar-refractivity contribution in [3.8, 4) is 0 Å². The molecule has 0 saturated heterocycles. The minimum Gasteiger partial charge on any atom is -0.549 e. The largest absolute Gasteiger partial charge is 0.549 e. The van der Waals surface area contributed by atoms with Crippen molar-refractivity contribution in [1.29, 1.82) is 0 Å². The average molecular weight is 379 g/mol. The zero-order chi connectivity index (χ0) is 18.5. The van der Waals surface area contributed by atoms with Crippen LogP contribution in [-0.4, -0.2) is 32.8 Å². The number of carboxylic acid groups (broad SMARTS) is 1. The van der Waals surface area contributed by atoms with Gasteiger partial charge in [-0.15, -0.1) is 10.2 Å². The normalized spacial score (nSPS) is 15.6. The van der Waals surface area contributed by atoms with Gasteiger partial charge in [0.15, 0.2) is 5.82 Å². The molecule has 2 aromatic rings. The van der Waals surface area contributed by atoms with E-state index in [1.54, 1.807) is 0 Å². The zero-order valence-corrected chi connectivity index (χ0v) is 14.7. The maximum absolute atomic E-state index is 13.8. The first-order chi connectivity index (χ1) is 12.5. The molecule has 26 heavy (non-hydrogen) atoms. The Morgan fingerprint density at radius 2 is 2.08 bits per heavy atom. The van der Waals surface area contributed by atoms with Gasteiger partial charge in [0.1, 0.15) is 11.6 Å². The summed E-state index contributed by atoms with van der Waals surface area (Å²) in [6.45, 7) is 0. The lowest BCUT2D eigenvalue weighted by Crippen LogP contribution is -2.24. The Labute approximate surface area is 153 Å². The molecule has 138 valence electrons. The van der Waals surface area contributed by atoms with Crippen LogP contribution in [0.1, 0.15) is 49.4 Å². The fourth-order valence-corrected chi connectivity index (χ4v) is 3.55. The van der Waals surface area contributed by atoms with Crippen LogP contribution in [0, 0.1) is 11.6 Å². The molecule has 1 aliphatic carbocycles. The Kier molecular flexibility index (Phi) is 5.97. The number of halogens is 2. The van der Waals surface area contributed by atoms with Crippen LogP contribution in [0.4, 0.5) is 8.78 Å². The number of aliphatic carboxylic acids is 1. The molecule has 6 nitrogen and oxygen atoms in total. The number of benzene rings is 1. The fourth-order valence-electron chi connectivity index (χ4n) is 2.94. The van der Waals surface area contributed by atoms with Gasteiger partial charge in [-0.3, -0.25) is 0 Å². The molecule has 1 aromatic carbocycles. The van der Waals surface area contributed by atoms with Gasteiger partial charge >= 0.3 is 0 Å². The van der Waals surface area contributed by atoms with Gasteiger partial charge in [0.05, 0.1) is 12.2 Å². The number of carboxylic acids is 1. The first kappa shape index (κ1) is 18.5. The lowest BCUT2D eigenvalue weighted by atomic mass is 9.89. The maximum Gasteiger partial charge on any atom is 0.212 e. The van der Waals surface area contributed by atoms with E-state index >= 15 is 0 Å². The van der Waals surface area contributed by atoms with E-state index in [2.05, 4.69) is 15.3 Å². The first-order valence-corrected chi connectivity index (χ1v) is 9.30. The smallest absolute Gasteiger partial charge is 0.212 e. The van der Waals surface area contributed by atoms with Gasteiger partial charge in [-0.2, -0.15) is 9.78 Å². The summed E-state index contributed by atoms with van der Waals surface area (Å²) in [5.74, 6) is -2.11. The van der Waals surface area contributed by atoms with Crippen LogP contribution in [0.25, 0.3) is 0 Å². The van der Waals surface area contributed by atoms with Crippen LogP contribution >= 0.6 is 11.8 Å². The fraction of sp³-hybridized carbons (Fsp3) is 0.412. The maximum atomic E-state index is 13.8. The summed E-state index contributed by atoms with van der Waals surface area (Å²) in [6, 6.07) is 3.21. The van der Waals surface area contributed by atoms with Crippen LogP contribution < -0.4 is 5.11 Å². The molecule has 3 rings (SSSR count). The van der Waals surface area contributed by atoms with Crippen molar-refractivity contribution in [2.24, 2.45) is 5.10 Å². The molecule has 0 atom stereocenters. The van der Waals surface area contributed by atoms with Gasteiger partial charge in [-0.25, -0.2) is 8.78 Å². The molecule has 0 unspecified atom stereocenters. The summed E-state index contributed by atoms with van der Waals surface area (Å²) in [6.07, 6.45) is 6.48. The lowest BCUT2D eigenvalue weighted by Gasteiger charge is -2.20. The molecule has 0 amide bonds. The Hall–Kier alpha value is -2.29. The number of aromatic nitrogens is 3. The number of carbonyl (C=O) groups excluding carboxylic acids is 1. The summed E-state index contributed by atoms with van der Waals surface area (Å²) in [5.41, 5.74) is 0.116. The molecular formula is C17H17F2N4O2S-. The first-order valence-electron chi connectivity index (χ1n) is 8.32. The third-order valence-corrected chi connectivity index (χ3v) is 5.09. The van der Waals surface area contributed by atoms with Crippen molar-refractivity contribution in [3.05, 3.63) is 41.2 Å². The SMILES string of the molecule is O=C([O-])CSc1nnc(C2CCCCC2)n1/N=C\c1ccc(F)cc1F. The topological polar surface area (TPSA) is 83.2 Å². The number of hydrogen-bond donors (Lipinski definition) is 0. The van der Waals surface area contributed by atoms with Crippen LogP contribution in [0.3, 0.4) is 0 Å². The van der Waals surface area contributed by atoms with Gasteiger partial charge in [-0.05, 0) is 25.0 Å². The Morgan fingerprint density at radius 1 is 1.31 bits per heavy atom. The van der Waals surface area contributed by atoms with Crippen molar-refractivity contribution >= 4 is 23.9 Å². The van der Waals surface area contributed by atoms with Gasteiger partial charge in [0.2, 0.25) is 5.16 Å². The molecule has 0 bridgehead atoms. The molecule has 9 heteroatoms. The molecule has 1 fully saturated rings. The van der Waals surface area contributed by atoms with E-state index in [-0.39, 0.29) is 17.2 Å². The van der Waals surface area contributed by atoms with E-state index < -0.39 is 17.6 Å². The second kappa shape index (κ2) is 8.39. The van der Waals surface area contributed by atoms with Crippen LogP contribution in [0.15, 0.2) is 28.5 Å². The molecule has 0 radical (unpaired) electrons. The predicted octanol–water partition coefficient (Wildman–Crippen LogP) is 2.33. The summed E-state index contributed by atoms with van der Waals surface area (Å²) in [5, 5.41) is 23.5. The third-order valence-electron chi connectivity index (χ3n) is 4.20. The molecule has 1 aliphatic rings. The number of carbonyl (C=O) groups is 1. The summed E-state index contributed by atoms with van der Waals surface area (Å²) < 4.78 is 28.3. The lowest BCUT2D eigenvalue weighted by molar-refractivity contribution is -0.301. The van der Waals surface area contributed by atoms with Crippen molar-refractivity contribution in [3.63, 3.8) is 0 Å². The molecule has 0 aliphatic heterocycles. The standard InChI is InChI=1S/C17H18F2N4O2S/c18-13-7-6-12(14(19)8-13)9-20-23-16(11-4-2-1-3-5-11)21-22-17(23)26-10-15(24)25/h6-9,11H,1-5,10H2,(H,24,25)/p-1/b20-9-. The van der Waals surface area contributed by atoms with E-state index in [0.717, 1.165) is 49.6 Å². The number of hydrogen-bond acceptors (Lipinski definition) is 6. The van der Waals surface area contributed by atoms with Crippen molar-refractivity contribution in [2.75, 3.05) is 5.75 Å². The number of rotatable bonds is 6. The number of nitrogens with zero attached hydrogens (tertiary/aromatic N) is 4. The van der Waals surface area contributed by atoms with Gasteiger partial charge < -0.3 is 9.90 Å². The molecule has 1 saturated carbocycles. The Balaban J connectivity index is 1.91. The average Bonchev–Trinajstić information content (AvgIpc) is 3.03. The van der Waals surface area contributed by atoms with Crippen molar-refractivity contribution in [1.82, 2.24) is 14.9 Å². The Morgan fingerprint density at radius 3 is 2.77 bits per heavy atom. The summed E-state index contributed by atoms with van der Waals surface area (Å²) in [7, 11) is 0. The second-order valence-electron chi connectivity index (χ2n) is 6.06. The number of thioether (sulfide) groups is 1. The third kappa shape index (κ3) is 4.46. The van der Waals surface area contributed by atoms with E-state index in [4.69, 9.17) is 0 Å².